The van der Waals surface area contributed by atoms with Gasteiger partial charge < -0.3 is 5.11 Å². The van der Waals surface area contributed by atoms with E-state index in [-0.39, 0.29) is 11.3 Å². The number of aliphatic hydroxyl groups is 1. The number of halogens is 2. The number of carbonyl (C=O) groups is 2. The number of aromatic nitrogens is 1. The molecule has 0 radical (unpaired) electrons. The summed E-state index contributed by atoms with van der Waals surface area (Å²) in [7, 11) is 0. The number of anilines is 1. The minimum Gasteiger partial charge on any atom is -0.507 e. The highest BCUT2D eigenvalue weighted by molar-refractivity contribution is 7.14. The van der Waals surface area contributed by atoms with Gasteiger partial charge in [0.15, 0.2) is 5.13 Å². The highest BCUT2D eigenvalue weighted by atomic mass is 35.5. The van der Waals surface area contributed by atoms with Gasteiger partial charge in [0.1, 0.15) is 5.76 Å². The first-order valence-corrected chi connectivity index (χ1v) is 9.83. The molecule has 1 N–H and O–H groups in total. The standard InChI is InChI=1S/C20H12Cl2N2O3S/c21-12-7-5-11(6-8-12)17(25)15-16(13-3-1-2-4-14(13)22)24(19(27)18(15)26)20-23-9-10-28-20/h1-10,16,25H/b17-15-. The van der Waals surface area contributed by atoms with Crippen molar-refractivity contribution in [1.29, 1.82) is 0 Å². The van der Waals surface area contributed by atoms with E-state index in [1.165, 1.54) is 16.2 Å². The van der Waals surface area contributed by atoms with Crippen LogP contribution >= 0.6 is 34.5 Å². The van der Waals surface area contributed by atoms with Gasteiger partial charge in [0.25, 0.3) is 5.78 Å². The quantitative estimate of drug-likeness (QED) is 0.357. The molecule has 3 aromatic rings. The molecule has 1 amide bonds. The molecular formula is C20H12Cl2N2O3S. The number of amides is 1. The molecule has 140 valence electrons. The Labute approximate surface area is 174 Å². The topological polar surface area (TPSA) is 70.5 Å². The summed E-state index contributed by atoms with van der Waals surface area (Å²) in [6.45, 7) is 0. The van der Waals surface area contributed by atoms with Gasteiger partial charge in [0.2, 0.25) is 0 Å². The number of nitrogens with zero attached hydrogens (tertiary/aromatic N) is 2. The van der Waals surface area contributed by atoms with Crippen molar-refractivity contribution in [2.75, 3.05) is 4.90 Å². The Kier molecular flexibility index (Phi) is 4.93. The first-order valence-electron chi connectivity index (χ1n) is 8.20. The molecular weight excluding hydrogens is 419 g/mol. The van der Waals surface area contributed by atoms with Gasteiger partial charge in [-0.15, -0.1) is 11.3 Å². The van der Waals surface area contributed by atoms with E-state index in [0.717, 1.165) is 0 Å². The maximum absolute atomic E-state index is 12.9. The molecule has 2 heterocycles. The first-order chi connectivity index (χ1) is 13.5. The molecule has 5 nitrogen and oxygen atoms in total. The Morgan fingerprint density at radius 1 is 1.07 bits per heavy atom. The fourth-order valence-electron chi connectivity index (χ4n) is 3.12. The number of rotatable bonds is 3. The van der Waals surface area contributed by atoms with E-state index in [4.69, 9.17) is 23.2 Å². The summed E-state index contributed by atoms with van der Waals surface area (Å²) < 4.78 is 0. The van der Waals surface area contributed by atoms with Crippen molar-refractivity contribution in [2.45, 2.75) is 6.04 Å². The molecule has 1 aromatic heterocycles. The van der Waals surface area contributed by atoms with E-state index in [2.05, 4.69) is 4.98 Å². The molecule has 1 aliphatic rings. The molecule has 0 bridgehead atoms. The summed E-state index contributed by atoms with van der Waals surface area (Å²) in [5.74, 6) is -1.86. The molecule has 0 spiro atoms. The van der Waals surface area contributed by atoms with Crippen LogP contribution in [0.1, 0.15) is 17.2 Å². The number of carbonyl (C=O) groups excluding carboxylic acids is 2. The predicted molar refractivity (Wildman–Crippen MR) is 110 cm³/mol. The van der Waals surface area contributed by atoms with Crippen molar-refractivity contribution in [2.24, 2.45) is 0 Å². The number of hydrogen-bond donors (Lipinski definition) is 1. The second kappa shape index (κ2) is 7.39. The smallest absolute Gasteiger partial charge is 0.301 e. The van der Waals surface area contributed by atoms with E-state index in [9.17, 15) is 14.7 Å². The number of benzene rings is 2. The number of thiazole rings is 1. The molecule has 2 aromatic carbocycles. The van der Waals surface area contributed by atoms with E-state index in [0.29, 0.717) is 26.3 Å². The van der Waals surface area contributed by atoms with Crippen LogP contribution in [0.2, 0.25) is 10.0 Å². The van der Waals surface area contributed by atoms with Crippen LogP contribution in [0.5, 0.6) is 0 Å². The zero-order chi connectivity index (χ0) is 19.8. The van der Waals surface area contributed by atoms with E-state index in [1.54, 1.807) is 60.1 Å². The van der Waals surface area contributed by atoms with Gasteiger partial charge in [0.05, 0.1) is 11.6 Å². The number of aliphatic hydroxyl groups excluding tert-OH is 1. The Hall–Kier alpha value is -2.67. The molecule has 28 heavy (non-hydrogen) atoms. The molecule has 1 fully saturated rings. The maximum atomic E-state index is 12.9. The van der Waals surface area contributed by atoms with E-state index >= 15 is 0 Å². The fraction of sp³-hybridized carbons (Fsp3) is 0.0500. The van der Waals surface area contributed by atoms with Gasteiger partial charge in [-0.1, -0.05) is 41.4 Å². The summed E-state index contributed by atoms with van der Waals surface area (Å²) in [6.07, 6.45) is 1.54. The van der Waals surface area contributed by atoms with Crippen molar-refractivity contribution in [1.82, 2.24) is 4.98 Å². The van der Waals surface area contributed by atoms with E-state index in [1.807, 2.05) is 0 Å². The average Bonchev–Trinajstić information content (AvgIpc) is 3.30. The van der Waals surface area contributed by atoms with E-state index < -0.39 is 17.7 Å². The van der Waals surface area contributed by atoms with Crippen molar-refractivity contribution in [3.05, 3.63) is 86.9 Å². The SMILES string of the molecule is O=C1C(=O)N(c2nccs2)C(c2ccccc2Cl)/C1=C(/O)c1ccc(Cl)cc1. The van der Waals surface area contributed by atoms with Gasteiger partial charge >= 0.3 is 5.91 Å². The molecule has 1 saturated heterocycles. The van der Waals surface area contributed by atoms with Crippen molar-refractivity contribution >= 4 is 57.1 Å². The Morgan fingerprint density at radius 2 is 1.79 bits per heavy atom. The van der Waals surface area contributed by atoms with Crippen LogP contribution < -0.4 is 4.90 Å². The summed E-state index contributed by atoms with van der Waals surface area (Å²) in [5.41, 5.74) is 0.850. The third-order valence-corrected chi connectivity index (χ3v) is 5.75. The van der Waals surface area contributed by atoms with Gasteiger partial charge in [-0.2, -0.15) is 0 Å². The summed E-state index contributed by atoms with van der Waals surface area (Å²) in [5, 5.41) is 13.8. The first kappa shape index (κ1) is 18.7. The third-order valence-electron chi connectivity index (χ3n) is 4.39. The number of ketones is 1. The van der Waals surface area contributed by atoms with Crippen LogP contribution in [0.15, 0.2) is 65.7 Å². The molecule has 4 rings (SSSR count). The van der Waals surface area contributed by atoms with Crippen LogP contribution in [0.25, 0.3) is 5.76 Å². The molecule has 1 unspecified atom stereocenters. The zero-order valence-electron chi connectivity index (χ0n) is 14.2. The van der Waals surface area contributed by atoms with Crippen LogP contribution in [0, 0.1) is 0 Å². The normalized spacial score (nSPS) is 18.6. The van der Waals surface area contributed by atoms with Gasteiger partial charge in [0, 0.05) is 27.2 Å². The molecule has 1 atom stereocenters. The van der Waals surface area contributed by atoms with Crippen molar-refractivity contribution < 1.29 is 14.7 Å². The lowest BCUT2D eigenvalue weighted by Gasteiger charge is -2.23. The highest BCUT2D eigenvalue weighted by Crippen LogP contribution is 2.44. The minimum absolute atomic E-state index is 0.0457. The second-order valence-corrected chi connectivity index (χ2v) is 7.73. The van der Waals surface area contributed by atoms with Gasteiger partial charge in [-0.3, -0.25) is 14.5 Å². The number of Topliss-reactive ketones (excluding diaryl/α,β-unsaturated/α-hetero) is 1. The Balaban J connectivity index is 1.96. The van der Waals surface area contributed by atoms with Crippen LogP contribution in [-0.4, -0.2) is 21.8 Å². The third kappa shape index (κ3) is 3.09. The average molecular weight is 431 g/mol. The number of hydrogen-bond acceptors (Lipinski definition) is 5. The lowest BCUT2D eigenvalue weighted by atomic mass is 9.95. The zero-order valence-corrected chi connectivity index (χ0v) is 16.5. The molecule has 0 aliphatic carbocycles. The van der Waals surface area contributed by atoms with Crippen molar-refractivity contribution in [3.8, 4) is 0 Å². The monoisotopic (exact) mass is 430 g/mol. The maximum Gasteiger partial charge on any atom is 0.301 e. The predicted octanol–water partition coefficient (Wildman–Crippen LogP) is 5.08. The van der Waals surface area contributed by atoms with Crippen LogP contribution in [-0.2, 0) is 9.59 Å². The van der Waals surface area contributed by atoms with Gasteiger partial charge in [-0.05, 0) is 35.9 Å². The summed E-state index contributed by atoms with van der Waals surface area (Å²) in [4.78, 5) is 31.2. The Bertz CT molecular complexity index is 1090. The summed E-state index contributed by atoms with van der Waals surface area (Å²) >= 11 is 13.5. The van der Waals surface area contributed by atoms with Crippen LogP contribution in [0.3, 0.4) is 0 Å². The van der Waals surface area contributed by atoms with Crippen molar-refractivity contribution in [3.63, 3.8) is 0 Å². The van der Waals surface area contributed by atoms with Gasteiger partial charge in [-0.25, -0.2) is 4.98 Å². The summed E-state index contributed by atoms with van der Waals surface area (Å²) in [6, 6.07) is 12.4. The molecule has 8 heteroatoms. The minimum atomic E-state index is -0.893. The lowest BCUT2D eigenvalue weighted by molar-refractivity contribution is -0.132. The molecule has 1 aliphatic heterocycles. The fourth-order valence-corrected chi connectivity index (χ4v) is 4.15. The van der Waals surface area contributed by atoms with Crippen LogP contribution in [0.4, 0.5) is 5.13 Å². The molecule has 0 saturated carbocycles. The largest absolute Gasteiger partial charge is 0.507 e. The second-order valence-electron chi connectivity index (χ2n) is 6.01. The lowest BCUT2D eigenvalue weighted by Crippen LogP contribution is -2.29. The Morgan fingerprint density at radius 3 is 2.43 bits per heavy atom. The highest BCUT2D eigenvalue weighted by Gasteiger charge is 2.48.